The maximum absolute atomic E-state index is 12.2. The molecule has 2 aromatic rings. The van der Waals surface area contributed by atoms with Crippen LogP contribution >= 0.6 is 23.4 Å². The molecule has 0 heterocycles. The quantitative estimate of drug-likeness (QED) is 0.691. The Labute approximate surface area is 153 Å². The summed E-state index contributed by atoms with van der Waals surface area (Å²) < 4.78 is 48.8. The van der Waals surface area contributed by atoms with Crippen LogP contribution in [-0.2, 0) is 14.6 Å². The number of hydrogen-bond acceptors (Lipinski definition) is 4. The van der Waals surface area contributed by atoms with E-state index < -0.39 is 21.5 Å². The Bertz CT molecular complexity index is 825. The van der Waals surface area contributed by atoms with E-state index in [2.05, 4.69) is 5.32 Å². The van der Waals surface area contributed by atoms with Crippen LogP contribution in [0.1, 0.15) is 6.42 Å². The number of benzene rings is 2. The van der Waals surface area contributed by atoms with Gasteiger partial charge in [0.1, 0.15) is 0 Å². The van der Waals surface area contributed by atoms with Gasteiger partial charge in [0.05, 0.1) is 10.6 Å². The van der Waals surface area contributed by atoms with Crippen LogP contribution in [0.3, 0.4) is 0 Å². The zero-order valence-electron chi connectivity index (χ0n) is 12.8. The normalized spacial score (nSPS) is 11.5. The van der Waals surface area contributed by atoms with Crippen LogP contribution in [0.25, 0.3) is 0 Å². The minimum atomic E-state index is -3.59. The summed E-state index contributed by atoms with van der Waals surface area (Å²) >= 11 is 6.12. The minimum absolute atomic E-state index is 0.0954. The summed E-state index contributed by atoms with van der Waals surface area (Å²) in [6.45, 7) is 0. The summed E-state index contributed by atoms with van der Waals surface area (Å²) in [6, 6.07) is 11.6. The van der Waals surface area contributed by atoms with E-state index in [-0.39, 0.29) is 17.1 Å². The number of alkyl halides is 2. The van der Waals surface area contributed by atoms with E-state index in [4.69, 9.17) is 11.6 Å². The van der Waals surface area contributed by atoms with Crippen LogP contribution in [-0.4, -0.2) is 25.8 Å². The highest BCUT2D eigenvalue weighted by atomic mass is 35.5. The van der Waals surface area contributed by atoms with E-state index in [0.29, 0.717) is 27.4 Å². The molecule has 134 valence electrons. The van der Waals surface area contributed by atoms with Gasteiger partial charge in [0.2, 0.25) is 5.91 Å². The van der Waals surface area contributed by atoms with Gasteiger partial charge in [0.15, 0.2) is 9.84 Å². The molecular formula is C16H14ClF2NO3S2. The third-order valence-electron chi connectivity index (χ3n) is 3.13. The second-order valence-corrected chi connectivity index (χ2v) is 8.58. The maximum atomic E-state index is 12.2. The van der Waals surface area contributed by atoms with Gasteiger partial charge in [-0.05, 0) is 48.5 Å². The van der Waals surface area contributed by atoms with Gasteiger partial charge in [-0.3, -0.25) is 4.79 Å². The topological polar surface area (TPSA) is 63.2 Å². The first kappa shape index (κ1) is 19.7. The lowest BCUT2D eigenvalue weighted by Crippen LogP contribution is -2.17. The molecule has 0 spiro atoms. The lowest BCUT2D eigenvalue weighted by molar-refractivity contribution is -0.115. The highest BCUT2D eigenvalue weighted by Crippen LogP contribution is 2.26. The van der Waals surface area contributed by atoms with Gasteiger partial charge in [0, 0.05) is 22.0 Å². The average molecular weight is 406 g/mol. The number of anilines is 1. The molecule has 0 radical (unpaired) electrons. The number of nitrogens with one attached hydrogen (secondary N) is 1. The Kier molecular flexibility index (Phi) is 6.80. The summed E-state index contributed by atoms with van der Waals surface area (Å²) in [6.07, 6.45) is -0.224. The van der Waals surface area contributed by atoms with E-state index in [1.807, 2.05) is 0 Å². The summed E-state index contributed by atoms with van der Waals surface area (Å²) in [7, 11) is -3.59. The van der Waals surface area contributed by atoms with Crippen LogP contribution in [0.5, 0.6) is 0 Å². The Morgan fingerprint density at radius 3 is 2.24 bits per heavy atom. The smallest absolute Gasteiger partial charge is 0.288 e. The van der Waals surface area contributed by atoms with Crippen molar-refractivity contribution in [3.63, 3.8) is 0 Å². The van der Waals surface area contributed by atoms with Crippen LogP contribution < -0.4 is 5.32 Å². The zero-order chi connectivity index (χ0) is 18.4. The van der Waals surface area contributed by atoms with Crippen LogP contribution in [0.15, 0.2) is 58.3 Å². The first-order valence-electron chi connectivity index (χ1n) is 7.09. The van der Waals surface area contributed by atoms with Gasteiger partial charge in [-0.15, -0.1) is 0 Å². The highest BCUT2D eigenvalue weighted by molar-refractivity contribution is 7.99. The van der Waals surface area contributed by atoms with Crippen LogP contribution in [0.2, 0.25) is 5.02 Å². The molecule has 2 rings (SSSR count). The van der Waals surface area contributed by atoms with E-state index in [9.17, 15) is 22.0 Å². The first-order chi connectivity index (χ1) is 11.8. The molecule has 25 heavy (non-hydrogen) atoms. The Morgan fingerprint density at radius 1 is 1.08 bits per heavy atom. The van der Waals surface area contributed by atoms with Crippen LogP contribution in [0.4, 0.5) is 14.5 Å². The van der Waals surface area contributed by atoms with E-state index in [0.717, 1.165) is 0 Å². The molecule has 1 amide bonds. The molecule has 0 aromatic heterocycles. The summed E-state index contributed by atoms with van der Waals surface area (Å²) in [5.41, 5.74) is 0.410. The van der Waals surface area contributed by atoms with Crippen molar-refractivity contribution in [1.29, 1.82) is 0 Å². The predicted molar refractivity (Wildman–Crippen MR) is 95.1 cm³/mol. The summed E-state index contributed by atoms with van der Waals surface area (Å²) in [5.74, 6) is -3.34. The minimum Gasteiger partial charge on any atom is -0.326 e. The predicted octanol–water partition coefficient (Wildman–Crippen LogP) is 4.46. The van der Waals surface area contributed by atoms with Crippen molar-refractivity contribution in [2.75, 3.05) is 11.1 Å². The lowest BCUT2D eigenvalue weighted by atomic mass is 10.3. The fourth-order valence-corrected chi connectivity index (χ4v) is 3.80. The summed E-state index contributed by atoms with van der Waals surface area (Å²) in [4.78, 5) is 12.4. The number of amides is 1. The molecule has 0 unspecified atom stereocenters. The molecule has 0 saturated carbocycles. The van der Waals surface area contributed by atoms with Crippen molar-refractivity contribution in [2.45, 2.75) is 22.0 Å². The molecular weight excluding hydrogens is 392 g/mol. The molecule has 0 fully saturated rings. The second-order valence-electron chi connectivity index (χ2n) is 4.97. The molecule has 4 nitrogen and oxygen atoms in total. The Hall–Kier alpha value is -1.64. The lowest BCUT2D eigenvalue weighted by Gasteiger charge is -2.07. The van der Waals surface area contributed by atoms with Crippen molar-refractivity contribution < 1.29 is 22.0 Å². The second kappa shape index (κ2) is 8.64. The van der Waals surface area contributed by atoms with E-state index >= 15 is 0 Å². The van der Waals surface area contributed by atoms with Gasteiger partial charge in [-0.2, -0.15) is 8.78 Å². The SMILES string of the molecule is O=C(CCS(=O)(=O)c1ccc(Cl)cc1)Nc1ccc(SC(F)F)cc1. The number of rotatable bonds is 7. The van der Waals surface area contributed by atoms with Crippen molar-refractivity contribution in [2.24, 2.45) is 0 Å². The van der Waals surface area contributed by atoms with Crippen LogP contribution in [0, 0.1) is 0 Å². The molecule has 0 saturated heterocycles. The Morgan fingerprint density at radius 2 is 1.68 bits per heavy atom. The molecule has 2 aromatic carbocycles. The number of thioether (sulfide) groups is 1. The number of carbonyl (C=O) groups is 1. The third-order valence-corrected chi connectivity index (χ3v) is 5.84. The van der Waals surface area contributed by atoms with Crippen molar-refractivity contribution >= 4 is 44.8 Å². The van der Waals surface area contributed by atoms with Gasteiger partial charge in [-0.25, -0.2) is 8.42 Å². The molecule has 0 atom stereocenters. The monoisotopic (exact) mass is 405 g/mol. The average Bonchev–Trinajstić information content (AvgIpc) is 2.55. The highest BCUT2D eigenvalue weighted by Gasteiger charge is 2.16. The number of sulfone groups is 1. The molecule has 0 aliphatic heterocycles. The van der Waals surface area contributed by atoms with Gasteiger partial charge in [0.25, 0.3) is 5.76 Å². The van der Waals surface area contributed by atoms with E-state index in [1.165, 1.54) is 48.5 Å². The largest absolute Gasteiger partial charge is 0.326 e. The first-order valence-corrected chi connectivity index (χ1v) is 10.0. The third kappa shape index (κ3) is 6.30. The number of carbonyl (C=O) groups excluding carboxylic acids is 1. The standard InChI is InChI=1S/C16H14ClF2NO3S2/c17-11-1-7-14(8-2-11)25(22,23)10-9-15(21)20-12-3-5-13(6-4-12)24-16(18)19/h1-8,16H,9-10H2,(H,20,21). The molecule has 1 N–H and O–H groups in total. The Balaban J connectivity index is 1.90. The van der Waals surface area contributed by atoms with Gasteiger partial charge in [-0.1, -0.05) is 23.4 Å². The zero-order valence-corrected chi connectivity index (χ0v) is 15.2. The van der Waals surface area contributed by atoms with Gasteiger partial charge >= 0.3 is 0 Å². The number of hydrogen-bond donors (Lipinski definition) is 1. The summed E-state index contributed by atoms with van der Waals surface area (Å²) in [5, 5.41) is 2.96. The van der Waals surface area contributed by atoms with Crippen molar-refractivity contribution in [3.05, 3.63) is 53.6 Å². The van der Waals surface area contributed by atoms with Crippen molar-refractivity contribution in [1.82, 2.24) is 0 Å². The molecule has 0 aliphatic rings. The molecule has 0 aliphatic carbocycles. The molecule has 9 heteroatoms. The number of halogens is 3. The fourth-order valence-electron chi connectivity index (χ4n) is 1.93. The maximum Gasteiger partial charge on any atom is 0.288 e. The van der Waals surface area contributed by atoms with Gasteiger partial charge < -0.3 is 5.32 Å². The van der Waals surface area contributed by atoms with E-state index in [1.54, 1.807) is 0 Å². The molecule has 0 bridgehead atoms. The fraction of sp³-hybridized carbons (Fsp3) is 0.188. The van der Waals surface area contributed by atoms with Crippen molar-refractivity contribution in [3.8, 4) is 0 Å².